The number of carbonyl (C=O) groups is 1. The summed E-state index contributed by atoms with van der Waals surface area (Å²) in [6, 6.07) is 3.91. The molecule has 1 aromatic heterocycles. The topological polar surface area (TPSA) is 83.3 Å². The maximum atomic E-state index is 11.4. The number of amides is 1. The third-order valence-corrected chi connectivity index (χ3v) is 4.69. The molecule has 21 heavy (non-hydrogen) atoms. The largest absolute Gasteiger partial charge is 0.353 e. The van der Waals surface area contributed by atoms with Crippen molar-refractivity contribution in [2.24, 2.45) is 11.8 Å². The van der Waals surface area contributed by atoms with Gasteiger partial charge in [0.15, 0.2) is 0 Å². The van der Waals surface area contributed by atoms with Crippen LogP contribution in [0, 0.1) is 5.92 Å². The molecule has 2 atom stereocenters. The van der Waals surface area contributed by atoms with E-state index in [2.05, 4.69) is 20.6 Å². The minimum atomic E-state index is 0.191. The average Bonchev–Trinajstić information content (AvgIpc) is 2.49. The number of nitrogen functional groups attached to an aromatic ring is 1. The van der Waals surface area contributed by atoms with Gasteiger partial charge in [0.05, 0.1) is 10.7 Å². The first kappa shape index (κ1) is 14.6. The molecule has 2 aliphatic heterocycles. The van der Waals surface area contributed by atoms with E-state index in [4.69, 9.17) is 17.4 Å². The maximum Gasteiger partial charge on any atom is 0.220 e. The lowest BCUT2D eigenvalue weighted by Crippen LogP contribution is -2.53. The van der Waals surface area contributed by atoms with E-state index in [0.717, 1.165) is 31.6 Å². The molecule has 0 saturated carbocycles. The molecule has 0 aliphatic carbocycles. The molecule has 2 saturated heterocycles. The molecule has 0 radical (unpaired) electrons. The van der Waals surface area contributed by atoms with Gasteiger partial charge in [-0.1, -0.05) is 11.6 Å². The molecular weight excluding hydrogens is 290 g/mol. The van der Waals surface area contributed by atoms with E-state index in [9.17, 15) is 4.79 Å². The summed E-state index contributed by atoms with van der Waals surface area (Å²) in [6.45, 7) is 2.63. The van der Waals surface area contributed by atoms with E-state index >= 15 is 0 Å². The van der Waals surface area contributed by atoms with Gasteiger partial charge in [0.25, 0.3) is 0 Å². The van der Waals surface area contributed by atoms with Crippen molar-refractivity contribution in [3.63, 3.8) is 0 Å². The Labute approximate surface area is 129 Å². The molecule has 3 rings (SSSR count). The highest BCUT2D eigenvalue weighted by Crippen LogP contribution is 2.27. The summed E-state index contributed by atoms with van der Waals surface area (Å²) in [5.41, 5.74) is 3.38. The van der Waals surface area contributed by atoms with Gasteiger partial charge in [-0.2, -0.15) is 0 Å². The number of hydrogen-bond donors (Lipinski definition) is 3. The number of hydrogen-bond acceptors (Lipinski definition) is 5. The zero-order valence-electron chi connectivity index (χ0n) is 11.8. The standard InChI is InChI=1S/C14H20ClN5O/c15-10-2-3-13(19-16)17-12(10)8-20-6-5-11-9(7-20)1-4-14(21)18-11/h2-3,9,11H,1,4-8,16H2,(H,17,19)(H,18,21). The Morgan fingerprint density at radius 3 is 3.14 bits per heavy atom. The minimum absolute atomic E-state index is 0.191. The summed E-state index contributed by atoms with van der Waals surface area (Å²) in [5, 5.41) is 3.76. The number of aromatic nitrogens is 1. The molecule has 0 bridgehead atoms. The third kappa shape index (κ3) is 3.28. The van der Waals surface area contributed by atoms with Gasteiger partial charge in [-0.3, -0.25) is 9.69 Å². The summed E-state index contributed by atoms with van der Waals surface area (Å²) in [4.78, 5) is 18.2. The van der Waals surface area contributed by atoms with Gasteiger partial charge in [-0.05, 0) is 30.9 Å². The Balaban J connectivity index is 1.65. The van der Waals surface area contributed by atoms with Crippen molar-refractivity contribution in [1.29, 1.82) is 0 Å². The SMILES string of the molecule is NNc1ccc(Cl)c(CN2CCC3NC(=O)CCC3C2)n1. The molecule has 3 heterocycles. The smallest absolute Gasteiger partial charge is 0.220 e. The van der Waals surface area contributed by atoms with Gasteiger partial charge in [0.1, 0.15) is 5.82 Å². The number of nitrogens with two attached hydrogens (primary N) is 1. The molecular formula is C14H20ClN5O. The molecule has 2 unspecified atom stereocenters. The van der Waals surface area contributed by atoms with E-state index in [1.807, 2.05) is 6.07 Å². The molecule has 2 fully saturated rings. The number of piperidine rings is 2. The van der Waals surface area contributed by atoms with Crippen LogP contribution in [0.5, 0.6) is 0 Å². The fourth-order valence-corrected chi connectivity index (χ4v) is 3.38. The Morgan fingerprint density at radius 1 is 1.48 bits per heavy atom. The molecule has 6 nitrogen and oxygen atoms in total. The lowest BCUT2D eigenvalue weighted by atomic mass is 9.85. The first-order valence-electron chi connectivity index (χ1n) is 7.29. The zero-order chi connectivity index (χ0) is 14.8. The second kappa shape index (κ2) is 6.17. The number of hydrazine groups is 1. The van der Waals surface area contributed by atoms with E-state index in [1.165, 1.54) is 0 Å². The van der Waals surface area contributed by atoms with Crippen LogP contribution in [0.4, 0.5) is 5.82 Å². The van der Waals surface area contributed by atoms with Crippen molar-refractivity contribution >= 4 is 23.3 Å². The third-order valence-electron chi connectivity index (χ3n) is 4.35. The highest BCUT2D eigenvalue weighted by Gasteiger charge is 2.33. The van der Waals surface area contributed by atoms with Crippen molar-refractivity contribution in [2.75, 3.05) is 18.5 Å². The van der Waals surface area contributed by atoms with Crippen LogP contribution in [-0.2, 0) is 11.3 Å². The van der Waals surface area contributed by atoms with Gasteiger partial charge >= 0.3 is 0 Å². The first-order valence-corrected chi connectivity index (χ1v) is 7.67. The molecule has 1 aromatic rings. The molecule has 0 aromatic carbocycles. The van der Waals surface area contributed by atoms with Gasteiger partial charge < -0.3 is 10.7 Å². The van der Waals surface area contributed by atoms with Crippen molar-refractivity contribution in [1.82, 2.24) is 15.2 Å². The molecule has 2 aliphatic rings. The van der Waals surface area contributed by atoms with E-state index in [-0.39, 0.29) is 5.91 Å². The number of rotatable bonds is 3. The monoisotopic (exact) mass is 309 g/mol. The van der Waals surface area contributed by atoms with Crippen LogP contribution in [-0.4, -0.2) is 34.9 Å². The number of nitrogens with zero attached hydrogens (tertiary/aromatic N) is 2. The zero-order valence-corrected chi connectivity index (χ0v) is 12.6. The quantitative estimate of drug-likeness (QED) is 0.576. The van der Waals surface area contributed by atoms with Crippen LogP contribution in [0.3, 0.4) is 0 Å². The molecule has 7 heteroatoms. The lowest BCUT2D eigenvalue weighted by Gasteiger charge is -2.41. The van der Waals surface area contributed by atoms with Gasteiger partial charge in [-0.15, -0.1) is 0 Å². The number of fused-ring (bicyclic) bond motifs is 1. The number of anilines is 1. The fourth-order valence-electron chi connectivity index (χ4n) is 3.22. The van der Waals surface area contributed by atoms with Crippen LogP contribution in [0.25, 0.3) is 0 Å². The second-order valence-corrected chi connectivity index (χ2v) is 6.17. The number of halogens is 1. The van der Waals surface area contributed by atoms with E-state index in [0.29, 0.717) is 35.8 Å². The van der Waals surface area contributed by atoms with Crippen LogP contribution in [0.2, 0.25) is 5.02 Å². The molecule has 1 amide bonds. The number of carbonyl (C=O) groups excluding carboxylic acids is 1. The van der Waals surface area contributed by atoms with Crippen LogP contribution >= 0.6 is 11.6 Å². The predicted molar refractivity (Wildman–Crippen MR) is 81.6 cm³/mol. The number of likely N-dealkylation sites (tertiary alicyclic amines) is 1. The minimum Gasteiger partial charge on any atom is -0.353 e. The fraction of sp³-hybridized carbons (Fsp3) is 0.571. The van der Waals surface area contributed by atoms with Crippen molar-refractivity contribution < 1.29 is 4.79 Å². The average molecular weight is 310 g/mol. The first-order chi connectivity index (χ1) is 10.2. The Bertz CT molecular complexity index is 538. The highest BCUT2D eigenvalue weighted by atomic mass is 35.5. The van der Waals surface area contributed by atoms with Crippen molar-refractivity contribution in [2.45, 2.75) is 31.8 Å². The maximum absolute atomic E-state index is 11.4. The summed E-state index contributed by atoms with van der Waals surface area (Å²) < 4.78 is 0. The van der Waals surface area contributed by atoms with Gasteiger partial charge in [0, 0.05) is 32.1 Å². The van der Waals surface area contributed by atoms with Crippen molar-refractivity contribution in [3.05, 3.63) is 22.8 Å². The second-order valence-electron chi connectivity index (χ2n) is 5.77. The van der Waals surface area contributed by atoms with Gasteiger partial charge in [0.2, 0.25) is 5.91 Å². The predicted octanol–water partition coefficient (Wildman–Crippen LogP) is 1.12. The highest BCUT2D eigenvalue weighted by molar-refractivity contribution is 6.31. The lowest BCUT2D eigenvalue weighted by molar-refractivity contribution is -0.125. The van der Waals surface area contributed by atoms with Gasteiger partial charge in [-0.25, -0.2) is 10.8 Å². The molecule has 0 spiro atoms. The summed E-state index contributed by atoms with van der Waals surface area (Å²) in [5.74, 6) is 6.74. The molecule has 4 N–H and O–H groups in total. The van der Waals surface area contributed by atoms with Crippen LogP contribution in [0.15, 0.2) is 12.1 Å². The van der Waals surface area contributed by atoms with Crippen LogP contribution < -0.4 is 16.6 Å². The Morgan fingerprint density at radius 2 is 2.33 bits per heavy atom. The summed E-state index contributed by atoms with van der Waals surface area (Å²) in [6.07, 6.45) is 2.60. The number of nitrogens with one attached hydrogen (secondary N) is 2. The van der Waals surface area contributed by atoms with E-state index < -0.39 is 0 Å². The number of pyridine rings is 1. The Kier molecular flexibility index (Phi) is 4.28. The summed E-state index contributed by atoms with van der Waals surface area (Å²) >= 11 is 6.21. The Hall–Kier alpha value is -1.37. The van der Waals surface area contributed by atoms with E-state index in [1.54, 1.807) is 6.07 Å². The van der Waals surface area contributed by atoms with Crippen LogP contribution in [0.1, 0.15) is 25.0 Å². The molecule has 114 valence electrons. The normalized spacial score (nSPS) is 26.1. The van der Waals surface area contributed by atoms with Crippen molar-refractivity contribution in [3.8, 4) is 0 Å². The summed E-state index contributed by atoms with van der Waals surface area (Å²) in [7, 11) is 0.